The van der Waals surface area contributed by atoms with Gasteiger partial charge < -0.3 is 0 Å². The highest BCUT2D eigenvalue weighted by Crippen LogP contribution is 2.30. The molecule has 80 valence electrons. The molecule has 0 aliphatic heterocycles. The first-order chi connectivity index (χ1) is 7.29. The summed E-state index contributed by atoms with van der Waals surface area (Å²) in [6.07, 6.45) is 4.46. The zero-order chi connectivity index (χ0) is 10.7. The van der Waals surface area contributed by atoms with Crippen LogP contribution < -0.4 is 0 Å². The van der Waals surface area contributed by atoms with E-state index >= 15 is 0 Å². The summed E-state index contributed by atoms with van der Waals surface area (Å²) in [4.78, 5) is 12.2. The van der Waals surface area contributed by atoms with Crippen LogP contribution in [0.15, 0.2) is 30.3 Å². The standard InChI is InChI=1S/C13H16OS/c14-13(10-6-2-1-3-7-10)11-8-4-5-9-12(11)15/h1-3,6-7,11-12,15H,4-5,8-9H2. The molecule has 2 heteroatoms. The summed E-state index contributed by atoms with van der Waals surface area (Å²) in [5.41, 5.74) is 0.837. The second-order valence-corrected chi connectivity index (χ2v) is 4.85. The molecule has 0 radical (unpaired) electrons. The van der Waals surface area contributed by atoms with Crippen LogP contribution in [0.3, 0.4) is 0 Å². The normalized spacial score (nSPS) is 26.2. The van der Waals surface area contributed by atoms with Gasteiger partial charge in [-0.05, 0) is 12.8 Å². The van der Waals surface area contributed by atoms with Gasteiger partial charge in [0.15, 0.2) is 5.78 Å². The van der Waals surface area contributed by atoms with Crippen molar-refractivity contribution in [1.29, 1.82) is 0 Å². The number of benzene rings is 1. The van der Waals surface area contributed by atoms with Crippen molar-refractivity contribution in [1.82, 2.24) is 0 Å². The Morgan fingerprint density at radius 2 is 1.80 bits per heavy atom. The van der Waals surface area contributed by atoms with Gasteiger partial charge in [0, 0.05) is 16.7 Å². The van der Waals surface area contributed by atoms with Crippen molar-refractivity contribution < 1.29 is 4.79 Å². The largest absolute Gasteiger partial charge is 0.294 e. The quantitative estimate of drug-likeness (QED) is 0.597. The minimum absolute atomic E-state index is 0.129. The van der Waals surface area contributed by atoms with Crippen LogP contribution in [0, 0.1) is 5.92 Å². The molecule has 0 bridgehead atoms. The third-order valence-corrected chi connectivity index (χ3v) is 3.74. The minimum Gasteiger partial charge on any atom is -0.294 e. The molecule has 2 unspecified atom stereocenters. The molecular formula is C13H16OS. The fourth-order valence-corrected chi connectivity index (χ4v) is 2.70. The van der Waals surface area contributed by atoms with E-state index in [4.69, 9.17) is 0 Å². The maximum absolute atomic E-state index is 12.2. The van der Waals surface area contributed by atoms with Gasteiger partial charge in [0.2, 0.25) is 0 Å². The van der Waals surface area contributed by atoms with Gasteiger partial charge in [0.25, 0.3) is 0 Å². The Kier molecular flexibility index (Phi) is 3.47. The first-order valence-corrected chi connectivity index (χ1v) is 6.08. The molecule has 1 aliphatic carbocycles. The predicted molar refractivity (Wildman–Crippen MR) is 65.5 cm³/mol. The fourth-order valence-electron chi connectivity index (χ4n) is 2.23. The monoisotopic (exact) mass is 220 g/mol. The molecule has 0 N–H and O–H groups in total. The number of ketones is 1. The lowest BCUT2D eigenvalue weighted by atomic mass is 9.83. The Labute approximate surface area is 96.3 Å². The second kappa shape index (κ2) is 4.84. The number of Topliss-reactive ketones (excluding diaryl/α,β-unsaturated/α-hetero) is 1. The Bertz CT molecular complexity index is 334. The maximum atomic E-state index is 12.2. The molecule has 0 spiro atoms. The summed E-state index contributed by atoms with van der Waals surface area (Å²) in [5.74, 6) is 0.403. The van der Waals surface area contributed by atoms with E-state index in [1.165, 1.54) is 12.8 Å². The number of hydrogen-bond donors (Lipinski definition) is 1. The van der Waals surface area contributed by atoms with Crippen molar-refractivity contribution in [2.75, 3.05) is 0 Å². The van der Waals surface area contributed by atoms with E-state index in [-0.39, 0.29) is 17.0 Å². The zero-order valence-corrected chi connectivity index (χ0v) is 9.62. The van der Waals surface area contributed by atoms with Crippen LogP contribution in [0.25, 0.3) is 0 Å². The van der Waals surface area contributed by atoms with Crippen LogP contribution in [0.1, 0.15) is 36.0 Å². The van der Waals surface area contributed by atoms with Crippen molar-refractivity contribution in [2.45, 2.75) is 30.9 Å². The fraction of sp³-hybridized carbons (Fsp3) is 0.462. The molecule has 1 nitrogen and oxygen atoms in total. The Balaban J connectivity index is 2.13. The van der Waals surface area contributed by atoms with Gasteiger partial charge in [0.1, 0.15) is 0 Å². The van der Waals surface area contributed by atoms with E-state index in [0.29, 0.717) is 0 Å². The number of thiol groups is 1. The molecular weight excluding hydrogens is 204 g/mol. The minimum atomic E-state index is 0.129. The van der Waals surface area contributed by atoms with Gasteiger partial charge in [-0.15, -0.1) is 0 Å². The molecule has 1 aliphatic rings. The number of carbonyl (C=O) groups excluding carboxylic acids is 1. The lowest BCUT2D eigenvalue weighted by Crippen LogP contribution is -2.27. The molecule has 0 amide bonds. The topological polar surface area (TPSA) is 17.1 Å². The Morgan fingerprint density at radius 1 is 1.13 bits per heavy atom. The summed E-state index contributed by atoms with van der Waals surface area (Å²) >= 11 is 4.53. The van der Waals surface area contributed by atoms with Crippen LogP contribution >= 0.6 is 12.6 Å². The van der Waals surface area contributed by atoms with E-state index in [1.807, 2.05) is 30.3 Å². The number of rotatable bonds is 2. The molecule has 0 heterocycles. The summed E-state index contributed by atoms with van der Waals surface area (Å²) < 4.78 is 0. The van der Waals surface area contributed by atoms with E-state index in [9.17, 15) is 4.79 Å². The van der Waals surface area contributed by atoms with Crippen molar-refractivity contribution in [2.24, 2.45) is 5.92 Å². The SMILES string of the molecule is O=C(c1ccccc1)C1CCCCC1S. The molecule has 1 aromatic carbocycles. The number of hydrogen-bond acceptors (Lipinski definition) is 2. The molecule has 2 atom stereocenters. The van der Waals surface area contributed by atoms with E-state index in [0.717, 1.165) is 18.4 Å². The average Bonchev–Trinajstić information content (AvgIpc) is 2.30. The first kappa shape index (κ1) is 10.7. The summed E-state index contributed by atoms with van der Waals surface area (Å²) in [5, 5.41) is 0.256. The van der Waals surface area contributed by atoms with Crippen molar-refractivity contribution in [3.63, 3.8) is 0 Å². The molecule has 1 aromatic rings. The number of carbonyl (C=O) groups is 1. The van der Waals surface area contributed by atoms with Crippen molar-refractivity contribution in [3.05, 3.63) is 35.9 Å². The highest BCUT2D eigenvalue weighted by molar-refractivity contribution is 7.81. The van der Waals surface area contributed by atoms with Crippen LogP contribution in [0.4, 0.5) is 0 Å². The third kappa shape index (κ3) is 2.43. The van der Waals surface area contributed by atoms with Gasteiger partial charge in [-0.1, -0.05) is 43.2 Å². The van der Waals surface area contributed by atoms with Gasteiger partial charge in [-0.3, -0.25) is 4.79 Å². The highest BCUT2D eigenvalue weighted by Gasteiger charge is 2.28. The predicted octanol–water partition coefficient (Wildman–Crippen LogP) is 3.36. The van der Waals surface area contributed by atoms with Crippen molar-refractivity contribution in [3.8, 4) is 0 Å². The lowest BCUT2D eigenvalue weighted by Gasteiger charge is -2.26. The van der Waals surface area contributed by atoms with Gasteiger partial charge in [0.05, 0.1) is 0 Å². The van der Waals surface area contributed by atoms with E-state index in [2.05, 4.69) is 12.6 Å². The van der Waals surface area contributed by atoms with Crippen LogP contribution in [-0.2, 0) is 0 Å². The summed E-state index contributed by atoms with van der Waals surface area (Å²) in [7, 11) is 0. The average molecular weight is 220 g/mol. The molecule has 1 saturated carbocycles. The van der Waals surface area contributed by atoms with Gasteiger partial charge in [-0.25, -0.2) is 0 Å². The molecule has 1 fully saturated rings. The molecule has 0 aromatic heterocycles. The maximum Gasteiger partial charge on any atom is 0.167 e. The summed E-state index contributed by atoms with van der Waals surface area (Å²) in [6, 6.07) is 9.58. The van der Waals surface area contributed by atoms with Gasteiger partial charge in [-0.2, -0.15) is 12.6 Å². The van der Waals surface area contributed by atoms with E-state index < -0.39 is 0 Å². The Hall–Kier alpha value is -0.760. The van der Waals surface area contributed by atoms with Crippen molar-refractivity contribution >= 4 is 18.4 Å². The van der Waals surface area contributed by atoms with Gasteiger partial charge >= 0.3 is 0 Å². The van der Waals surface area contributed by atoms with Crippen LogP contribution in [0.2, 0.25) is 0 Å². The lowest BCUT2D eigenvalue weighted by molar-refractivity contribution is 0.0896. The van der Waals surface area contributed by atoms with E-state index in [1.54, 1.807) is 0 Å². The molecule has 15 heavy (non-hydrogen) atoms. The first-order valence-electron chi connectivity index (χ1n) is 5.56. The molecule has 0 saturated heterocycles. The molecule has 2 rings (SSSR count). The van der Waals surface area contributed by atoms with Crippen LogP contribution in [-0.4, -0.2) is 11.0 Å². The Morgan fingerprint density at radius 3 is 2.47 bits per heavy atom. The zero-order valence-electron chi connectivity index (χ0n) is 8.73. The smallest absolute Gasteiger partial charge is 0.167 e. The summed E-state index contributed by atoms with van der Waals surface area (Å²) in [6.45, 7) is 0. The second-order valence-electron chi connectivity index (χ2n) is 4.19. The highest BCUT2D eigenvalue weighted by atomic mass is 32.1. The van der Waals surface area contributed by atoms with Crippen LogP contribution in [0.5, 0.6) is 0 Å². The third-order valence-electron chi connectivity index (χ3n) is 3.12.